The minimum absolute atomic E-state index is 0.209. The topological polar surface area (TPSA) is 131 Å². The van der Waals surface area contributed by atoms with Gasteiger partial charge in [0.05, 0.1) is 10.8 Å². The first-order valence-corrected chi connectivity index (χ1v) is 11.4. The number of rotatable bonds is 7. The van der Waals surface area contributed by atoms with Gasteiger partial charge in [0.2, 0.25) is 0 Å². The molecule has 2 unspecified atom stereocenters. The molecule has 3 N–H and O–H groups in total. The molecular formula is C25H41NO8. The van der Waals surface area contributed by atoms with E-state index in [-0.39, 0.29) is 6.54 Å². The molecule has 0 bridgehead atoms. The van der Waals surface area contributed by atoms with Gasteiger partial charge in [0, 0.05) is 6.54 Å². The Kier molecular flexibility index (Phi) is 9.13. The van der Waals surface area contributed by atoms with Crippen LogP contribution in [0.4, 0.5) is 4.79 Å². The predicted molar refractivity (Wildman–Crippen MR) is 127 cm³/mol. The van der Waals surface area contributed by atoms with Gasteiger partial charge in [-0.25, -0.2) is 4.79 Å². The third-order valence-electron chi connectivity index (χ3n) is 4.90. The molecule has 9 heteroatoms. The summed E-state index contributed by atoms with van der Waals surface area (Å²) >= 11 is 0. The van der Waals surface area contributed by atoms with Crippen molar-refractivity contribution < 1.29 is 38.8 Å². The maximum absolute atomic E-state index is 12.3. The normalized spacial score (nSPS) is 23.1. The third-order valence-corrected chi connectivity index (χ3v) is 4.90. The van der Waals surface area contributed by atoms with Gasteiger partial charge in [-0.2, -0.15) is 0 Å². The van der Waals surface area contributed by atoms with Crippen molar-refractivity contribution in [1.82, 2.24) is 5.32 Å². The molecule has 9 nitrogen and oxygen atoms in total. The van der Waals surface area contributed by atoms with Crippen LogP contribution in [0.1, 0.15) is 68.7 Å². The summed E-state index contributed by atoms with van der Waals surface area (Å²) in [5.41, 5.74) is -5.78. The van der Waals surface area contributed by atoms with E-state index >= 15 is 0 Å². The lowest BCUT2D eigenvalue weighted by atomic mass is 9.77. The number of esters is 2. The smallest absolute Gasteiger partial charge is 0.407 e. The Morgan fingerprint density at radius 1 is 0.853 bits per heavy atom. The minimum Gasteiger partial charge on any atom is -0.462 e. The molecule has 1 amide bonds. The van der Waals surface area contributed by atoms with E-state index in [1.807, 2.05) is 0 Å². The summed E-state index contributed by atoms with van der Waals surface area (Å²) < 4.78 is 15.8. The van der Waals surface area contributed by atoms with Gasteiger partial charge in [-0.15, -0.1) is 0 Å². The van der Waals surface area contributed by atoms with Crippen molar-refractivity contribution in [3.63, 3.8) is 0 Å². The van der Waals surface area contributed by atoms with Crippen LogP contribution in [-0.4, -0.2) is 64.8 Å². The van der Waals surface area contributed by atoms with E-state index in [1.54, 1.807) is 68.4 Å². The van der Waals surface area contributed by atoms with Crippen molar-refractivity contribution in [3.8, 4) is 0 Å². The zero-order chi connectivity index (χ0) is 26.6. The number of aliphatic hydroxyl groups is 2. The molecule has 0 aromatic heterocycles. The molecule has 1 aliphatic rings. The van der Waals surface area contributed by atoms with Crippen LogP contribution in [-0.2, 0) is 23.8 Å². The summed E-state index contributed by atoms with van der Waals surface area (Å²) in [6.45, 7) is 14.4. The van der Waals surface area contributed by atoms with Gasteiger partial charge in [-0.1, -0.05) is 6.08 Å². The van der Waals surface area contributed by atoms with Crippen LogP contribution in [0, 0.1) is 10.8 Å². The summed E-state index contributed by atoms with van der Waals surface area (Å²) in [4.78, 5) is 36.4. The quantitative estimate of drug-likeness (QED) is 0.372. The highest BCUT2D eigenvalue weighted by atomic mass is 16.6. The fraction of sp³-hybridized carbons (Fsp3) is 0.720. The van der Waals surface area contributed by atoms with Crippen molar-refractivity contribution >= 4 is 18.0 Å². The lowest BCUT2D eigenvalue weighted by molar-refractivity contribution is -0.185. The Bertz CT molecular complexity index is 825. The summed E-state index contributed by atoms with van der Waals surface area (Å²) in [5, 5.41) is 25.3. The highest BCUT2D eigenvalue weighted by Crippen LogP contribution is 2.34. The van der Waals surface area contributed by atoms with Crippen molar-refractivity contribution in [3.05, 3.63) is 23.8 Å². The fourth-order valence-corrected chi connectivity index (χ4v) is 2.77. The second-order valence-electron chi connectivity index (χ2n) is 11.7. The van der Waals surface area contributed by atoms with Crippen LogP contribution < -0.4 is 5.32 Å². The molecule has 0 spiro atoms. The van der Waals surface area contributed by atoms with Gasteiger partial charge >= 0.3 is 18.0 Å². The number of carbonyl (C=O) groups excluding carboxylic acids is 3. The lowest BCUT2D eigenvalue weighted by Crippen LogP contribution is -2.59. The van der Waals surface area contributed by atoms with E-state index in [9.17, 15) is 24.6 Å². The average Bonchev–Trinajstić information content (AvgIpc) is 2.64. The summed E-state index contributed by atoms with van der Waals surface area (Å²) in [6, 6.07) is 0. The molecule has 34 heavy (non-hydrogen) atoms. The number of amides is 1. The highest BCUT2D eigenvalue weighted by molar-refractivity contribution is 5.76. The molecule has 1 aliphatic carbocycles. The second-order valence-corrected chi connectivity index (χ2v) is 11.7. The average molecular weight is 484 g/mol. The van der Waals surface area contributed by atoms with Crippen molar-refractivity contribution in [2.75, 3.05) is 19.8 Å². The molecule has 1 rings (SSSR count). The first kappa shape index (κ1) is 29.6. The number of allylic oxidation sites excluding steroid dienone is 1. The Morgan fingerprint density at radius 2 is 1.32 bits per heavy atom. The maximum atomic E-state index is 12.3. The number of hydrogen-bond donors (Lipinski definition) is 3. The standard InChI is InChI=1S/C25H41NO8/c1-21(2,3)18(27)32-15-24(30)12-10-17(11-13-26-20(29)34-23(7,8)9)14-25(24,31)16-33-19(28)22(4,5)6/h10,12,14,30-31H,11,13,15-16H2,1-9H3,(H,26,29). The molecule has 0 radical (unpaired) electrons. The molecule has 0 fully saturated rings. The van der Waals surface area contributed by atoms with Crippen LogP contribution in [0.15, 0.2) is 23.8 Å². The fourth-order valence-electron chi connectivity index (χ4n) is 2.77. The van der Waals surface area contributed by atoms with E-state index in [0.29, 0.717) is 12.0 Å². The maximum Gasteiger partial charge on any atom is 0.407 e. The second kappa shape index (κ2) is 10.5. The molecule has 0 heterocycles. The lowest BCUT2D eigenvalue weighted by Gasteiger charge is -2.42. The molecule has 0 aromatic rings. The van der Waals surface area contributed by atoms with Crippen molar-refractivity contribution in [1.29, 1.82) is 0 Å². The van der Waals surface area contributed by atoms with Gasteiger partial charge < -0.3 is 29.7 Å². The van der Waals surface area contributed by atoms with Crippen molar-refractivity contribution in [2.45, 2.75) is 85.5 Å². The molecule has 0 saturated heterocycles. The monoisotopic (exact) mass is 483 g/mol. The van der Waals surface area contributed by atoms with E-state index in [0.717, 1.165) is 0 Å². The van der Waals surface area contributed by atoms with Crippen LogP contribution in [0.5, 0.6) is 0 Å². The van der Waals surface area contributed by atoms with Crippen LogP contribution in [0.25, 0.3) is 0 Å². The van der Waals surface area contributed by atoms with E-state index < -0.39 is 58.9 Å². The van der Waals surface area contributed by atoms with E-state index in [1.165, 1.54) is 12.2 Å². The molecule has 2 atom stereocenters. The summed E-state index contributed by atoms with van der Waals surface area (Å²) in [5.74, 6) is -1.12. The number of nitrogens with one attached hydrogen (secondary N) is 1. The minimum atomic E-state index is -2.07. The number of alkyl carbamates (subject to hydrolysis) is 1. The number of ether oxygens (including phenoxy) is 3. The Hall–Kier alpha value is -2.39. The highest BCUT2D eigenvalue weighted by Gasteiger charge is 2.51. The molecule has 0 saturated carbocycles. The third kappa shape index (κ3) is 8.76. The molecule has 194 valence electrons. The zero-order valence-electron chi connectivity index (χ0n) is 21.9. The largest absolute Gasteiger partial charge is 0.462 e. The summed E-state index contributed by atoms with van der Waals surface area (Å²) in [7, 11) is 0. The summed E-state index contributed by atoms with van der Waals surface area (Å²) in [6.07, 6.45) is 3.99. The zero-order valence-corrected chi connectivity index (χ0v) is 21.9. The predicted octanol–water partition coefficient (Wildman–Crippen LogP) is 3.04. The van der Waals surface area contributed by atoms with E-state index in [2.05, 4.69) is 5.32 Å². The van der Waals surface area contributed by atoms with Gasteiger partial charge in [0.1, 0.15) is 18.8 Å². The Balaban J connectivity index is 3.03. The molecular weight excluding hydrogens is 442 g/mol. The van der Waals surface area contributed by atoms with Crippen LogP contribution >= 0.6 is 0 Å². The first-order valence-electron chi connectivity index (χ1n) is 11.4. The van der Waals surface area contributed by atoms with Crippen LogP contribution in [0.2, 0.25) is 0 Å². The Labute approximate surface area is 202 Å². The van der Waals surface area contributed by atoms with E-state index in [4.69, 9.17) is 14.2 Å². The number of hydrogen-bond acceptors (Lipinski definition) is 8. The molecule has 0 aromatic carbocycles. The Morgan fingerprint density at radius 3 is 1.76 bits per heavy atom. The first-order chi connectivity index (χ1) is 15.2. The van der Waals surface area contributed by atoms with Crippen LogP contribution in [0.3, 0.4) is 0 Å². The molecule has 0 aliphatic heterocycles. The number of carbonyl (C=O) groups is 3. The van der Waals surface area contributed by atoms with Gasteiger partial charge in [-0.05, 0) is 86.5 Å². The van der Waals surface area contributed by atoms with Crippen molar-refractivity contribution in [2.24, 2.45) is 10.8 Å². The van der Waals surface area contributed by atoms with Gasteiger partial charge in [0.25, 0.3) is 0 Å². The van der Waals surface area contributed by atoms with Gasteiger partial charge in [-0.3, -0.25) is 9.59 Å². The SMILES string of the molecule is CC(C)(C)OC(=O)NCCC1=CC(O)(COC(=O)C(C)(C)C)C(O)(COC(=O)C(C)(C)C)C=C1. The van der Waals surface area contributed by atoms with Gasteiger partial charge in [0.15, 0.2) is 11.2 Å².